The number of nitrogens with zero attached hydrogens (tertiary/aromatic N) is 4. The summed E-state index contributed by atoms with van der Waals surface area (Å²) in [5.74, 6) is -1.04. The molecule has 0 atom stereocenters. The molecule has 106 valence electrons. The maximum absolute atomic E-state index is 11.3. The van der Waals surface area contributed by atoms with Crippen LogP contribution in [0.5, 0.6) is 0 Å². The Morgan fingerprint density at radius 3 is 2.55 bits per heavy atom. The molecule has 0 unspecified atom stereocenters. The molecule has 0 spiro atoms. The number of anilines is 1. The number of aromatic nitrogens is 2. The number of hydrogen-bond donors (Lipinski definition) is 1. The molecule has 1 aromatic heterocycles. The van der Waals surface area contributed by atoms with E-state index in [0.29, 0.717) is 5.69 Å². The SMILES string of the molecule is CN(c1ccc([N+](=O)[O-])c2nonc12)C(C)(C)C(=O)O. The average molecular weight is 280 g/mol. The lowest BCUT2D eigenvalue weighted by molar-refractivity contribution is -0.383. The Morgan fingerprint density at radius 2 is 2.00 bits per heavy atom. The molecule has 0 aliphatic rings. The Bertz CT molecular complexity index is 693. The second-order valence-corrected chi connectivity index (χ2v) is 4.75. The third-order valence-electron chi connectivity index (χ3n) is 3.29. The molecular formula is C11H12N4O5. The van der Waals surface area contributed by atoms with Crippen LogP contribution in [0.3, 0.4) is 0 Å². The van der Waals surface area contributed by atoms with Crippen LogP contribution in [0.4, 0.5) is 11.4 Å². The van der Waals surface area contributed by atoms with E-state index in [9.17, 15) is 20.0 Å². The molecule has 0 fully saturated rings. The van der Waals surface area contributed by atoms with Crippen LogP contribution in [0, 0.1) is 10.1 Å². The molecule has 0 amide bonds. The third kappa shape index (κ3) is 1.92. The Kier molecular flexibility index (Phi) is 3.04. The highest BCUT2D eigenvalue weighted by Crippen LogP contribution is 2.33. The van der Waals surface area contributed by atoms with Crippen molar-refractivity contribution in [2.75, 3.05) is 11.9 Å². The molecule has 0 aliphatic carbocycles. The van der Waals surface area contributed by atoms with Crippen LogP contribution in [0.15, 0.2) is 16.8 Å². The predicted octanol–water partition coefficient (Wildman–Crippen LogP) is 1.43. The van der Waals surface area contributed by atoms with Gasteiger partial charge in [0.05, 0.1) is 10.6 Å². The van der Waals surface area contributed by atoms with Gasteiger partial charge in [0.2, 0.25) is 5.52 Å². The maximum atomic E-state index is 11.3. The zero-order chi connectivity index (χ0) is 15.1. The number of hydrogen-bond acceptors (Lipinski definition) is 7. The van der Waals surface area contributed by atoms with E-state index in [1.807, 2.05) is 0 Å². The lowest BCUT2D eigenvalue weighted by atomic mass is 10.0. The van der Waals surface area contributed by atoms with Crippen LogP contribution in [0.1, 0.15) is 13.8 Å². The molecule has 0 saturated carbocycles. The van der Waals surface area contributed by atoms with E-state index >= 15 is 0 Å². The van der Waals surface area contributed by atoms with Gasteiger partial charge in [-0.05, 0) is 30.2 Å². The minimum atomic E-state index is -1.22. The molecule has 1 aromatic carbocycles. The van der Waals surface area contributed by atoms with Crippen molar-refractivity contribution in [3.63, 3.8) is 0 Å². The fraction of sp³-hybridized carbons (Fsp3) is 0.364. The zero-order valence-corrected chi connectivity index (χ0v) is 11.0. The Morgan fingerprint density at radius 1 is 1.40 bits per heavy atom. The topological polar surface area (TPSA) is 123 Å². The molecule has 0 saturated heterocycles. The van der Waals surface area contributed by atoms with Crippen molar-refractivity contribution in [2.24, 2.45) is 0 Å². The van der Waals surface area contributed by atoms with Crippen molar-refractivity contribution in [1.82, 2.24) is 10.3 Å². The van der Waals surface area contributed by atoms with Gasteiger partial charge < -0.3 is 10.0 Å². The fourth-order valence-electron chi connectivity index (χ4n) is 1.70. The van der Waals surface area contributed by atoms with Gasteiger partial charge in [0.15, 0.2) is 5.52 Å². The van der Waals surface area contributed by atoms with Gasteiger partial charge in [0.25, 0.3) is 0 Å². The summed E-state index contributed by atoms with van der Waals surface area (Å²) in [5, 5.41) is 27.3. The number of aliphatic carboxylic acids is 1. The number of carbonyl (C=O) groups is 1. The van der Waals surface area contributed by atoms with E-state index in [0.717, 1.165) is 0 Å². The molecular weight excluding hydrogens is 268 g/mol. The molecule has 0 radical (unpaired) electrons. The minimum Gasteiger partial charge on any atom is -0.480 e. The van der Waals surface area contributed by atoms with Crippen molar-refractivity contribution in [1.29, 1.82) is 0 Å². The Balaban J connectivity index is 2.63. The number of nitro benzene ring substituents is 1. The fourth-order valence-corrected chi connectivity index (χ4v) is 1.70. The number of likely N-dealkylation sites (N-methyl/N-ethyl adjacent to an activating group) is 1. The quantitative estimate of drug-likeness (QED) is 0.659. The van der Waals surface area contributed by atoms with E-state index in [-0.39, 0.29) is 16.7 Å². The maximum Gasteiger partial charge on any atom is 0.328 e. The van der Waals surface area contributed by atoms with E-state index < -0.39 is 16.4 Å². The van der Waals surface area contributed by atoms with Crippen molar-refractivity contribution in [3.8, 4) is 0 Å². The normalized spacial score (nSPS) is 11.6. The zero-order valence-electron chi connectivity index (χ0n) is 11.0. The standard InChI is InChI=1S/C11H12N4O5/c1-11(2,10(16)17)14(3)6-4-5-7(15(18)19)9-8(6)12-20-13-9/h4-5H,1-3H3,(H,16,17). The summed E-state index contributed by atoms with van der Waals surface area (Å²) < 4.78 is 4.54. The lowest BCUT2D eigenvalue weighted by Gasteiger charge is -2.33. The molecule has 9 nitrogen and oxygen atoms in total. The van der Waals surface area contributed by atoms with Crippen LogP contribution in [0.2, 0.25) is 0 Å². The molecule has 20 heavy (non-hydrogen) atoms. The Labute approximate surface area is 112 Å². The van der Waals surface area contributed by atoms with Crippen LogP contribution < -0.4 is 4.90 Å². The number of rotatable bonds is 4. The van der Waals surface area contributed by atoms with Gasteiger partial charge in [-0.1, -0.05) is 0 Å². The number of fused-ring (bicyclic) bond motifs is 1. The molecule has 0 bridgehead atoms. The predicted molar refractivity (Wildman–Crippen MR) is 68.6 cm³/mol. The third-order valence-corrected chi connectivity index (χ3v) is 3.29. The van der Waals surface area contributed by atoms with Crippen molar-refractivity contribution in [3.05, 3.63) is 22.2 Å². The van der Waals surface area contributed by atoms with E-state index in [1.165, 1.54) is 30.9 Å². The molecule has 1 heterocycles. The second kappa shape index (κ2) is 4.44. The summed E-state index contributed by atoms with van der Waals surface area (Å²) in [7, 11) is 1.56. The van der Waals surface area contributed by atoms with Crippen LogP contribution in [-0.4, -0.2) is 38.9 Å². The smallest absolute Gasteiger partial charge is 0.328 e. The number of carboxylic acid groups (broad SMARTS) is 1. The number of carboxylic acids is 1. The summed E-state index contributed by atoms with van der Waals surface area (Å²) >= 11 is 0. The van der Waals surface area contributed by atoms with Gasteiger partial charge in [-0.25, -0.2) is 9.42 Å². The average Bonchev–Trinajstić information content (AvgIpc) is 2.85. The van der Waals surface area contributed by atoms with Gasteiger partial charge in [-0.2, -0.15) is 0 Å². The summed E-state index contributed by atoms with van der Waals surface area (Å²) in [6.07, 6.45) is 0. The first kappa shape index (κ1) is 13.7. The van der Waals surface area contributed by atoms with Crippen molar-refractivity contribution < 1.29 is 19.5 Å². The first-order chi connectivity index (χ1) is 9.26. The van der Waals surface area contributed by atoms with E-state index in [1.54, 1.807) is 7.05 Å². The van der Waals surface area contributed by atoms with Crippen molar-refractivity contribution in [2.45, 2.75) is 19.4 Å². The van der Waals surface area contributed by atoms with Gasteiger partial charge in [-0.15, -0.1) is 0 Å². The highest BCUT2D eigenvalue weighted by molar-refractivity contribution is 5.96. The van der Waals surface area contributed by atoms with Crippen molar-refractivity contribution >= 4 is 28.4 Å². The van der Waals surface area contributed by atoms with Crippen LogP contribution in [-0.2, 0) is 4.79 Å². The first-order valence-corrected chi connectivity index (χ1v) is 5.63. The monoisotopic (exact) mass is 280 g/mol. The number of non-ortho nitro benzene ring substituents is 1. The number of nitro groups is 1. The summed E-state index contributed by atoms with van der Waals surface area (Å²) in [4.78, 5) is 23.0. The van der Waals surface area contributed by atoms with Gasteiger partial charge >= 0.3 is 11.7 Å². The minimum absolute atomic E-state index is 0.0134. The molecule has 2 aromatic rings. The van der Waals surface area contributed by atoms with Crippen LogP contribution >= 0.6 is 0 Å². The summed E-state index contributed by atoms with van der Waals surface area (Å²) in [6.45, 7) is 3.02. The summed E-state index contributed by atoms with van der Waals surface area (Å²) in [6, 6.07) is 2.67. The lowest BCUT2D eigenvalue weighted by Crippen LogP contribution is -2.48. The van der Waals surface area contributed by atoms with E-state index in [4.69, 9.17) is 0 Å². The van der Waals surface area contributed by atoms with E-state index in [2.05, 4.69) is 14.9 Å². The molecule has 0 aliphatic heterocycles. The molecule has 9 heteroatoms. The second-order valence-electron chi connectivity index (χ2n) is 4.75. The molecule has 1 N–H and O–H groups in total. The van der Waals surface area contributed by atoms with Gasteiger partial charge in [-0.3, -0.25) is 10.1 Å². The highest BCUT2D eigenvalue weighted by Gasteiger charge is 2.34. The van der Waals surface area contributed by atoms with Gasteiger partial charge in [0, 0.05) is 13.1 Å². The highest BCUT2D eigenvalue weighted by atomic mass is 16.6. The molecule has 2 rings (SSSR count). The first-order valence-electron chi connectivity index (χ1n) is 5.63. The Hall–Kier alpha value is -2.71. The van der Waals surface area contributed by atoms with Gasteiger partial charge in [0.1, 0.15) is 5.54 Å². The summed E-state index contributed by atoms with van der Waals surface area (Å²) in [5.41, 5.74) is -0.940. The largest absolute Gasteiger partial charge is 0.480 e. The number of benzene rings is 1. The van der Waals surface area contributed by atoms with Crippen LogP contribution in [0.25, 0.3) is 11.0 Å².